The van der Waals surface area contributed by atoms with Gasteiger partial charge in [0.1, 0.15) is 17.9 Å². The third kappa shape index (κ3) is 4.70. The number of benzene rings is 1. The van der Waals surface area contributed by atoms with Crippen molar-refractivity contribution in [2.75, 3.05) is 40.0 Å². The predicted molar refractivity (Wildman–Crippen MR) is 119 cm³/mol. The van der Waals surface area contributed by atoms with Crippen LogP contribution in [0.15, 0.2) is 35.3 Å². The van der Waals surface area contributed by atoms with Crippen molar-refractivity contribution in [1.82, 2.24) is 14.8 Å². The Kier molecular flexibility index (Phi) is 6.60. The first-order valence-corrected chi connectivity index (χ1v) is 11.0. The van der Waals surface area contributed by atoms with Crippen LogP contribution in [0.3, 0.4) is 0 Å². The second-order valence-electron chi connectivity index (χ2n) is 8.46. The fourth-order valence-corrected chi connectivity index (χ4v) is 4.20. The minimum atomic E-state index is -0.399. The summed E-state index contributed by atoms with van der Waals surface area (Å²) in [6.07, 6.45) is 2.85. The number of nitrogens with zero attached hydrogens (tertiary/aromatic N) is 2. The van der Waals surface area contributed by atoms with Gasteiger partial charge in [-0.1, -0.05) is 17.7 Å². The van der Waals surface area contributed by atoms with Crippen molar-refractivity contribution in [3.8, 4) is 5.75 Å². The number of carbonyl (C=O) groups is 2. The summed E-state index contributed by atoms with van der Waals surface area (Å²) in [5, 5.41) is 0. The number of hydrogen-bond acceptors (Lipinski definition) is 5. The lowest BCUT2D eigenvalue weighted by Crippen LogP contribution is -2.42. The van der Waals surface area contributed by atoms with Gasteiger partial charge in [-0.2, -0.15) is 0 Å². The van der Waals surface area contributed by atoms with E-state index in [9.17, 15) is 14.4 Å². The summed E-state index contributed by atoms with van der Waals surface area (Å²) in [5.41, 5.74) is 2.46. The van der Waals surface area contributed by atoms with E-state index >= 15 is 0 Å². The molecule has 1 unspecified atom stereocenters. The van der Waals surface area contributed by atoms with Crippen molar-refractivity contribution in [3.05, 3.63) is 63.1 Å². The molecule has 8 nitrogen and oxygen atoms in total. The first kappa shape index (κ1) is 22.1. The minimum Gasteiger partial charge on any atom is -0.492 e. The molecule has 2 aliphatic rings. The first-order valence-electron chi connectivity index (χ1n) is 11.0. The second kappa shape index (κ2) is 9.56. The van der Waals surface area contributed by atoms with Crippen molar-refractivity contribution in [2.45, 2.75) is 26.3 Å². The smallest absolute Gasteiger partial charge is 0.261 e. The van der Waals surface area contributed by atoms with E-state index in [1.165, 1.54) is 4.90 Å². The Bertz CT molecular complexity index is 1040. The zero-order valence-corrected chi connectivity index (χ0v) is 18.6. The lowest BCUT2D eigenvalue weighted by atomic mass is 9.95. The Hall–Kier alpha value is -3.13. The molecule has 2 amide bonds. The van der Waals surface area contributed by atoms with Crippen LogP contribution in [0.5, 0.6) is 5.75 Å². The molecule has 1 aromatic carbocycles. The highest BCUT2D eigenvalue weighted by Crippen LogP contribution is 2.24. The molecule has 1 aromatic heterocycles. The Balaban J connectivity index is 1.42. The molecule has 0 bridgehead atoms. The number of likely N-dealkylation sites (N-methyl/N-ethyl adjacent to an activating group) is 1. The molecule has 0 saturated carbocycles. The van der Waals surface area contributed by atoms with E-state index in [2.05, 4.69) is 4.98 Å². The van der Waals surface area contributed by atoms with Crippen molar-refractivity contribution in [3.63, 3.8) is 0 Å². The topological polar surface area (TPSA) is 91.9 Å². The Labute approximate surface area is 187 Å². The van der Waals surface area contributed by atoms with Crippen molar-refractivity contribution in [1.29, 1.82) is 0 Å². The Morgan fingerprint density at radius 3 is 2.78 bits per heavy atom. The molecule has 2 aromatic rings. The van der Waals surface area contributed by atoms with Crippen molar-refractivity contribution < 1.29 is 19.1 Å². The van der Waals surface area contributed by atoms with Gasteiger partial charge in [0, 0.05) is 32.9 Å². The number of amides is 2. The highest BCUT2D eigenvalue weighted by atomic mass is 16.5. The lowest BCUT2D eigenvalue weighted by molar-refractivity contribution is -0.136. The quantitative estimate of drug-likeness (QED) is 0.741. The van der Waals surface area contributed by atoms with Crippen LogP contribution in [0.1, 0.15) is 33.5 Å². The van der Waals surface area contributed by atoms with Gasteiger partial charge in [0.05, 0.1) is 19.1 Å². The maximum atomic E-state index is 13.1. The normalized spacial score (nSPS) is 17.7. The van der Waals surface area contributed by atoms with E-state index in [0.717, 1.165) is 28.9 Å². The van der Waals surface area contributed by atoms with Gasteiger partial charge in [0.25, 0.3) is 11.5 Å². The minimum absolute atomic E-state index is 0.0811. The molecule has 32 heavy (non-hydrogen) atoms. The number of pyridine rings is 1. The Morgan fingerprint density at radius 1 is 1.28 bits per heavy atom. The number of rotatable bonds is 6. The van der Waals surface area contributed by atoms with E-state index in [4.69, 9.17) is 9.47 Å². The molecule has 3 heterocycles. The molecule has 8 heteroatoms. The summed E-state index contributed by atoms with van der Waals surface area (Å²) in [4.78, 5) is 44.4. The number of nitrogens with one attached hydrogen (secondary N) is 1. The van der Waals surface area contributed by atoms with Crippen LogP contribution in [0.2, 0.25) is 0 Å². The van der Waals surface area contributed by atoms with Crippen LogP contribution < -0.4 is 10.3 Å². The molecule has 1 fully saturated rings. The highest BCUT2D eigenvalue weighted by Gasteiger charge is 2.32. The molecule has 170 valence electrons. The summed E-state index contributed by atoms with van der Waals surface area (Å²) in [6, 6.07) is 7.71. The van der Waals surface area contributed by atoms with Crippen LogP contribution in [-0.4, -0.2) is 66.6 Å². The second-order valence-corrected chi connectivity index (χ2v) is 8.46. The van der Waals surface area contributed by atoms with Crippen LogP contribution in [-0.2, 0) is 22.5 Å². The van der Waals surface area contributed by atoms with Gasteiger partial charge in [-0.05, 0) is 43.0 Å². The zero-order chi connectivity index (χ0) is 22.7. The van der Waals surface area contributed by atoms with Gasteiger partial charge < -0.3 is 24.3 Å². The number of aromatic nitrogens is 1. The molecule has 1 atom stereocenters. The maximum absolute atomic E-state index is 13.1. The number of carbonyl (C=O) groups excluding carboxylic acids is 2. The molecule has 0 spiro atoms. The average Bonchev–Trinajstić information content (AvgIpc) is 3.34. The average molecular weight is 440 g/mol. The van der Waals surface area contributed by atoms with Crippen LogP contribution >= 0.6 is 0 Å². The van der Waals surface area contributed by atoms with Crippen LogP contribution in [0, 0.1) is 12.8 Å². The van der Waals surface area contributed by atoms with Crippen molar-refractivity contribution in [2.24, 2.45) is 5.92 Å². The van der Waals surface area contributed by atoms with E-state index in [0.29, 0.717) is 45.9 Å². The summed E-state index contributed by atoms with van der Waals surface area (Å²) >= 11 is 0. The molecular weight excluding hydrogens is 410 g/mol. The van der Waals surface area contributed by atoms with E-state index < -0.39 is 5.56 Å². The molecule has 1 saturated heterocycles. The largest absolute Gasteiger partial charge is 0.492 e. The van der Waals surface area contributed by atoms with Gasteiger partial charge >= 0.3 is 0 Å². The SMILES string of the molecule is Cc1ccc(OCCN(C)C(=O)c2c3c(c[nH]c2=O)CN(C(=O)C2CCOC2)CC3)cc1. The number of H-pyrrole nitrogens is 1. The predicted octanol–water partition coefficient (Wildman–Crippen LogP) is 1.76. The van der Waals surface area contributed by atoms with Gasteiger partial charge in [0.15, 0.2) is 0 Å². The summed E-state index contributed by atoms with van der Waals surface area (Å²) in [5.74, 6) is 0.390. The van der Waals surface area contributed by atoms with Crippen molar-refractivity contribution >= 4 is 11.8 Å². The number of aromatic amines is 1. The zero-order valence-electron chi connectivity index (χ0n) is 18.6. The molecule has 1 N–H and O–H groups in total. The number of hydrogen-bond donors (Lipinski definition) is 1. The van der Waals surface area contributed by atoms with E-state index in [1.807, 2.05) is 31.2 Å². The van der Waals surface area contributed by atoms with Gasteiger partial charge in [0.2, 0.25) is 5.91 Å². The number of ether oxygens (including phenoxy) is 2. The molecular formula is C24H29N3O5. The maximum Gasteiger partial charge on any atom is 0.261 e. The summed E-state index contributed by atoms with van der Waals surface area (Å²) in [7, 11) is 1.67. The Morgan fingerprint density at radius 2 is 2.06 bits per heavy atom. The monoisotopic (exact) mass is 439 g/mol. The summed E-state index contributed by atoms with van der Waals surface area (Å²) < 4.78 is 11.1. The van der Waals surface area contributed by atoms with Crippen LogP contribution in [0.25, 0.3) is 0 Å². The lowest BCUT2D eigenvalue weighted by Gasteiger charge is -2.31. The number of aryl methyl sites for hydroxylation is 1. The molecule has 0 radical (unpaired) electrons. The first-order chi connectivity index (χ1) is 15.4. The molecule has 2 aliphatic heterocycles. The van der Waals surface area contributed by atoms with Gasteiger partial charge in [-0.15, -0.1) is 0 Å². The molecule has 0 aliphatic carbocycles. The van der Waals surface area contributed by atoms with Crippen LogP contribution in [0.4, 0.5) is 0 Å². The van der Waals surface area contributed by atoms with E-state index in [-0.39, 0.29) is 23.3 Å². The summed E-state index contributed by atoms with van der Waals surface area (Å²) in [6.45, 7) is 4.65. The third-order valence-corrected chi connectivity index (χ3v) is 6.15. The highest BCUT2D eigenvalue weighted by molar-refractivity contribution is 5.95. The fourth-order valence-electron chi connectivity index (χ4n) is 4.20. The molecule has 4 rings (SSSR count). The standard InChI is InChI=1S/C24H29N3O5/c1-16-3-5-19(6-4-16)32-12-10-26(2)24(30)21-20-7-9-27(14-18(20)13-25-22(21)28)23(29)17-8-11-31-15-17/h3-6,13,17H,7-12,14-15H2,1-2H3,(H,25,28). The number of fused-ring (bicyclic) bond motifs is 1. The fraction of sp³-hybridized carbons (Fsp3) is 0.458. The third-order valence-electron chi connectivity index (χ3n) is 6.15. The van der Waals surface area contributed by atoms with E-state index in [1.54, 1.807) is 18.1 Å². The van der Waals surface area contributed by atoms with Gasteiger partial charge in [-0.25, -0.2) is 0 Å². The van der Waals surface area contributed by atoms with Gasteiger partial charge in [-0.3, -0.25) is 14.4 Å².